The van der Waals surface area contributed by atoms with Crippen LogP contribution in [-0.4, -0.2) is 9.38 Å². The van der Waals surface area contributed by atoms with Gasteiger partial charge >= 0.3 is 0 Å². The molecule has 1 aliphatic rings. The number of hydrogen-bond donors (Lipinski definition) is 0. The summed E-state index contributed by atoms with van der Waals surface area (Å²) in [6.07, 6.45) is 6.56. The summed E-state index contributed by atoms with van der Waals surface area (Å²) in [6.45, 7) is 1.97. The molecule has 0 amide bonds. The SMILES string of the molecule is Cc1ccc2nc3c(c(=O)n2c1)=CCC=3. The highest BCUT2D eigenvalue weighted by Gasteiger charge is 2.04. The number of hydrogen-bond acceptors (Lipinski definition) is 2. The average Bonchev–Trinajstić information content (AvgIpc) is 2.68. The Balaban J connectivity index is 2.66. The molecule has 0 saturated heterocycles. The molecule has 0 aliphatic heterocycles. The molecule has 0 aromatic carbocycles. The van der Waals surface area contributed by atoms with E-state index >= 15 is 0 Å². The largest absolute Gasteiger partial charge is 0.268 e. The summed E-state index contributed by atoms with van der Waals surface area (Å²) in [6, 6.07) is 3.84. The van der Waals surface area contributed by atoms with Crippen molar-refractivity contribution in [2.24, 2.45) is 0 Å². The Morgan fingerprint density at radius 2 is 2.20 bits per heavy atom. The van der Waals surface area contributed by atoms with Gasteiger partial charge in [0.2, 0.25) is 0 Å². The second kappa shape index (κ2) is 2.79. The topological polar surface area (TPSA) is 34.4 Å². The highest BCUT2D eigenvalue weighted by atomic mass is 16.1. The Bertz CT molecular complexity index is 726. The molecular weight excluding hydrogens is 188 g/mol. The number of aromatic nitrogens is 2. The van der Waals surface area contributed by atoms with Crippen LogP contribution in [-0.2, 0) is 0 Å². The third-order valence-corrected chi connectivity index (χ3v) is 2.67. The molecule has 0 radical (unpaired) electrons. The minimum absolute atomic E-state index is 0.0347. The number of pyridine rings is 1. The zero-order valence-corrected chi connectivity index (χ0v) is 8.40. The van der Waals surface area contributed by atoms with Crippen molar-refractivity contribution in [2.75, 3.05) is 0 Å². The summed E-state index contributed by atoms with van der Waals surface area (Å²) in [7, 11) is 0. The molecule has 0 bridgehead atoms. The summed E-state index contributed by atoms with van der Waals surface area (Å²) >= 11 is 0. The highest BCUT2D eigenvalue weighted by Crippen LogP contribution is 1.98. The van der Waals surface area contributed by atoms with Gasteiger partial charge in [0.15, 0.2) is 0 Å². The Hall–Kier alpha value is -1.90. The Morgan fingerprint density at radius 3 is 3.07 bits per heavy atom. The number of fused-ring (bicyclic) bond motifs is 2. The van der Waals surface area contributed by atoms with Crippen LogP contribution in [0.5, 0.6) is 0 Å². The molecule has 3 nitrogen and oxygen atoms in total. The highest BCUT2D eigenvalue weighted by molar-refractivity contribution is 5.48. The van der Waals surface area contributed by atoms with E-state index < -0.39 is 0 Å². The molecule has 74 valence electrons. The van der Waals surface area contributed by atoms with Crippen LogP contribution in [0.3, 0.4) is 0 Å². The quantitative estimate of drug-likeness (QED) is 0.595. The maximum absolute atomic E-state index is 12.0. The van der Waals surface area contributed by atoms with E-state index in [1.165, 1.54) is 0 Å². The van der Waals surface area contributed by atoms with Crippen LogP contribution in [0.2, 0.25) is 0 Å². The molecule has 3 heteroatoms. The monoisotopic (exact) mass is 198 g/mol. The van der Waals surface area contributed by atoms with Crippen LogP contribution in [0.25, 0.3) is 17.8 Å². The lowest BCUT2D eigenvalue weighted by Gasteiger charge is -2.00. The molecule has 0 N–H and O–H groups in total. The summed E-state index contributed by atoms with van der Waals surface area (Å²) in [5.74, 6) is 0. The molecule has 0 saturated carbocycles. The van der Waals surface area contributed by atoms with Gasteiger partial charge in [-0.05, 0) is 25.0 Å². The third-order valence-electron chi connectivity index (χ3n) is 2.67. The zero-order valence-electron chi connectivity index (χ0n) is 8.40. The maximum Gasteiger partial charge on any atom is 0.265 e. The minimum atomic E-state index is 0.0347. The Kier molecular flexibility index (Phi) is 1.57. The minimum Gasteiger partial charge on any atom is -0.268 e. The lowest BCUT2D eigenvalue weighted by molar-refractivity contribution is 0.997. The van der Waals surface area contributed by atoms with Crippen LogP contribution in [0.4, 0.5) is 0 Å². The number of rotatable bonds is 0. The van der Waals surface area contributed by atoms with E-state index in [0.717, 1.165) is 28.2 Å². The average molecular weight is 198 g/mol. The van der Waals surface area contributed by atoms with Crippen LogP contribution in [0.15, 0.2) is 23.1 Å². The molecule has 0 fully saturated rings. The van der Waals surface area contributed by atoms with E-state index in [4.69, 9.17) is 0 Å². The molecule has 2 heterocycles. The molecule has 0 spiro atoms. The smallest absolute Gasteiger partial charge is 0.265 e. The first-order chi connectivity index (χ1) is 7.25. The normalized spacial score (nSPS) is 13.4. The summed E-state index contributed by atoms with van der Waals surface area (Å²) in [5, 5.41) is 1.56. The molecule has 0 atom stereocenters. The standard InChI is InChI=1S/C12H10N2O/c1-8-5-6-11-13-10-4-2-3-9(10)12(15)14(11)7-8/h3-7H,2H2,1H3. The fraction of sp³-hybridized carbons (Fsp3) is 0.167. The van der Waals surface area contributed by atoms with Gasteiger partial charge in [0, 0.05) is 6.20 Å². The lowest BCUT2D eigenvalue weighted by atomic mass is 10.3. The summed E-state index contributed by atoms with van der Waals surface area (Å²) < 4.78 is 1.61. The van der Waals surface area contributed by atoms with Gasteiger partial charge in [-0.3, -0.25) is 9.20 Å². The van der Waals surface area contributed by atoms with E-state index in [9.17, 15) is 4.79 Å². The van der Waals surface area contributed by atoms with Crippen LogP contribution < -0.4 is 16.1 Å². The van der Waals surface area contributed by atoms with Crippen molar-refractivity contribution in [2.45, 2.75) is 13.3 Å². The van der Waals surface area contributed by atoms with E-state index in [1.807, 2.05) is 37.4 Å². The molecule has 2 aromatic rings. The molecule has 3 rings (SSSR count). The van der Waals surface area contributed by atoms with Crippen molar-refractivity contribution in [3.8, 4) is 0 Å². The summed E-state index contributed by atoms with van der Waals surface area (Å²) in [4.78, 5) is 16.5. The molecule has 1 aliphatic carbocycles. The van der Waals surface area contributed by atoms with Gasteiger partial charge in [-0.15, -0.1) is 0 Å². The fourth-order valence-corrected chi connectivity index (χ4v) is 1.91. The van der Waals surface area contributed by atoms with Gasteiger partial charge in [0.1, 0.15) is 5.65 Å². The van der Waals surface area contributed by atoms with Crippen molar-refractivity contribution >= 4 is 17.8 Å². The Morgan fingerprint density at radius 1 is 1.33 bits per heavy atom. The van der Waals surface area contributed by atoms with Crippen molar-refractivity contribution in [1.82, 2.24) is 9.38 Å². The van der Waals surface area contributed by atoms with Gasteiger partial charge in [-0.2, -0.15) is 0 Å². The zero-order chi connectivity index (χ0) is 10.4. The summed E-state index contributed by atoms with van der Waals surface area (Å²) in [5.41, 5.74) is 1.82. The van der Waals surface area contributed by atoms with E-state index in [2.05, 4.69) is 4.98 Å². The van der Waals surface area contributed by atoms with Crippen molar-refractivity contribution < 1.29 is 0 Å². The predicted octanol–water partition coefficient (Wildman–Crippen LogP) is -0.0324. The van der Waals surface area contributed by atoms with Crippen molar-refractivity contribution in [1.29, 1.82) is 0 Å². The second-order valence-corrected chi connectivity index (χ2v) is 3.79. The number of aryl methyl sites for hydroxylation is 1. The first-order valence-corrected chi connectivity index (χ1v) is 4.95. The molecule has 0 unspecified atom stereocenters. The second-order valence-electron chi connectivity index (χ2n) is 3.79. The van der Waals surface area contributed by atoms with Gasteiger partial charge in [0.25, 0.3) is 5.56 Å². The van der Waals surface area contributed by atoms with Crippen molar-refractivity contribution in [3.05, 3.63) is 44.8 Å². The van der Waals surface area contributed by atoms with Gasteiger partial charge in [-0.25, -0.2) is 4.98 Å². The first-order valence-electron chi connectivity index (χ1n) is 4.95. The van der Waals surface area contributed by atoms with Crippen LogP contribution in [0.1, 0.15) is 12.0 Å². The fourth-order valence-electron chi connectivity index (χ4n) is 1.91. The molecular formula is C12H10N2O. The van der Waals surface area contributed by atoms with Gasteiger partial charge in [-0.1, -0.05) is 18.2 Å². The molecule has 15 heavy (non-hydrogen) atoms. The van der Waals surface area contributed by atoms with E-state index in [-0.39, 0.29) is 5.56 Å². The lowest BCUT2D eigenvalue weighted by Crippen LogP contribution is -2.43. The predicted molar refractivity (Wildman–Crippen MR) is 59.0 cm³/mol. The third kappa shape index (κ3) is 1.13. The first kappa shape index (κ1) is 8.41. The van der Waals surface area contributed by atoms with E-state index in [1.54, 1.807) is 4.40 Å². The van der Waals surface area contributed by atoms with Gasteiger partial charge in [0.05, 0.1) is 10.6 Å². The van der Waals surface area contributed by atoms with E-state index in [0.29, 0.717) is 0 Å². The maximum atomic E-state index is 12.0. The van der Waals surface area contributed by atoms with Gasteiger partial charge < -0.3 is 0 Å². The molecule has 2 aromatic heterocycles. The van der Waals surface area contributed by atoms with Crippen LogP contribution in [0, 0.1) is 6.92 Å². The van der Waals surface area contributed by atoms with Crippen molar-refractivity contribution in [3.63, 3.8) is 0 Å². The van der Waals surface area contributed by atoms with Crippen LogP contribution >= 0.6 is 0 Å². The Labute approximate surface area is 86.0 Å². The number of nitrogens with zero attached hydrogens (tertiary/aromatic N) is 2.